The standard InChI is InChI=1S/C25H21BrClN3O2/c1-17-13-24(29-30(17)15-18-9-11-21(27)12-10-18)28-25(31)20-6-4-5-19(14-20)16-32-23-8-3-2-7-22(23)26/h2-14H,15-16H2,1H3,(H,28,29,31). The number of carbonyl (C=O) groups excluding carboxylic acids is 1. The van der Waals surface area contributed by atoms with Crippen LogP contribution < -0.4 is 10.1 Å². The van der Waals surface area contributed by atoms with Crippen LogP contribution in [0.1, 0.15) is 27.2 Å². The molecule has 0 saturated heterocycles. The molecule has 0 aliphatic rings. The maximum Gasteiger partial charge on any atom is 0.256 e. The third-order valence-corrected chi connectivity index (χ3v) is 5.80. The molecule has 0 bridgehead atoms. The first kappa shape index (κ1) is 22.1. The third kappa shape index (κ3) is 5.58. The molecule has 0 atom stereocenters. The number of aromatic nitrogens is 2. The summed E-state index contributed by atoms with van der Waals surface area (Å²) in [6.45, 7) is 2.91. The third-order valence-electron chi connectivity index (χ3n) is 4.89. The van der Waals surface area contributed by atoms with Gasteiger partial charge in [0.05, 0.1) is 11.0 Å². The SMILES string of the molecule is Cc1cc(NC(=O)c2cccc(COc3ccccc3Br)c2)nn1Cc1ccc(Cl)cc1. The summed E-state index contributed by atoms with van der Waals surface area (Å²) in [5.74, 6) is 1.05. The molecule has 3 aromatic carbocycles. The molecular weight excluding hydrogens is 490 g/mol. The molecule has 0 spiro atoms. The first-order valence-electron chi connectivity index (χ1n) is 10.0. The summed E-state index contributed by atoms with van der Waals surface area (Å²) in [7, 11) is 0. The lowest BCUT2D eigenvalue weighted by atomic mass is 10.1. The molecule has 1 heterocycles. The Bertz CT molecular complexity index is 1240. The Labute approximate surface area is 200 Å². The number of halogens is 2. The van der Waals surface area contributed by atoms with E-state index in [0.717, 1.165) is 27.0 Å². The minimum Gasteiger partial charge on any atom is -0.488 e. The molecule has 0 aliphatic heterocycles. The van der Waals surface area contributed by atoms with Crippen LogP contribution in [0.5, 0.6) is 5.75 Å². The lowest BCUT2D eigenvalue weighted by Crippen LogP contribution is -2.13. The number of hydrogen-bond acceptors (Lipinski definition) is 3. The van der Waals surface area contributed by atoms with Crippen molar-refractivity contribution in [1.82, 2.24) is 9.78 Å². The molecule has 0 radical (unpaired) electrons. The van der Waals surface area contributed by atoms with Gasteiger partial charge in [0, 0.05) is 22.3 Å². The normalized spacial score (nSPS) is 10.7. The summed E-state index contributed by atoms with van der Waals surface area (Å²) in [4.78, 5) is 12.8. The summed E-state index contributed by atoms with van der Waals surface area (Å²) in [5, 5.41) is 8.10. The maximum absolute atomic E-state index is 12.8. The van der Waals surface area contributed by atoms with Gasteiger partial charge in [0.15, 0.2) is 5.82 Å². The van der Waals surface area contributed by atoms with E-state index in [9.17, 15) is 4.79 Å². The second-order valence-corrected chi connectivity index (χ2v) is 8.62. The van der Waals surface area contributed by atoms with Crippen molar-refractivity contribution in [3.8, 4) is 5.75 Å². The molecule has 0 saturated carbocycles. The summed E-state index contributed by atoms with van der Waals surface area (Å²) in [6.07, 6.45) is 0. The zero-order valence-corrected chi connectivity index (χ0v) is 19.7. The number of nitrogens with zero attached hydrogens (tertiary/aromatic N) is 2. The Morgan fingerprint density at radius 3 is 2.59 bits per heavy atom. The maximum atomic E-state index is 12.8. The molecule has 4 rings (SSSR count). The van der Waals surface area contributed by atoms with Gasteiger partial charge in [-0.1, -0.05) is 48.0 Å². The number of para-hydroxylation sites is 1. The summed E-state index contributed by atoms with van der Waals surface area (Å²) >= 11 is 9.43. The highest BCUT2D eigenvalue weighted by molar-refractivity contribution is 9.10. The van der Waals surface area contributed by atoms with Gasteiger partial charge < -0.3 is 10.1 Å². The van der Waals surface area contributed by atoms with Crippen LogP contribution in [0.3, 0.4) is 0 Å². The Kier molecular flexibility index (Phi) is 6.93. The van der Waals surface area contributed by atoms with E-state index in [0.29, 0.717) is 29.6 Å². The van der Waals surface area contributed by atoms with Crippen LogP contribution in [-0.4, -0.2) is 15.7 Å². The second-order valence-electron chi connectivity index (χ2n) is 7.33. The number of benzene rings is 3. The Morgan fingerprint density at radius 1 is 1.03 bits per heavy atom. The molecule has 1 N–H and O–H groups in total. The van der Waals surface area contributed by atoms with E-state index < -0.39 is 0 Å². The highest BCUT2D eigenvalue weighted by Gasteiger charge is 2.11. The van der Waals surface area contributed by atoms with Crippen molar-refractivity contribution in [3.63, 3.8) is 0 Å². The summed E-state index contributed by atoms with van der Waals surface area (Å²) in [5.41, 5.74) is 3.48. The van der Waals surface area contributed by atoms with Crippen molar-refractivity contribution in [3.05, 3.63) is 111 Å². The molecule has 4 aromatic rings. The molecule has 1 amide bonds. The van der Waals surface area contributed by atoms with E-state index in [2.05, 4.69) is 26.3 Å². The predicted molar refractivity (Wildman–Crippen MR) is 130 cm³/mol. The first-order valence-corrected chi connectivity index (χ1v) is 11.2. The van der Waals surface area contributed by atoms with Crippen molar-refractivity contribution in [2.45, 2.75) is 20.1 Å². The fourth-order valence-electron chi connectivity index (χ4n) is 3.21. The largest absolute Gasteiger partial charge is 0.488 e. The number of hydrogen-bond donors (Lipinski definition) is 1. The van der Waals surface area contributed by atoms with Gasteiger partial charge >= 0.3 is 0 Å². The van der Waals surface area contributed by atoms with Crippen LogP contribution in [0.25, 0.3) is 0 Å². The van der Waals surface area contributed by atoms with Crippen molar-refractivity contribution in [2.24, 2.45) is 0 Å². The molecule has 1 aromatic heterocycles. The van der Waals surface area contributed by atoms with Crippen LogP contribution in [0.2, 0.25) is 5.02 Å². The van der Waals surface area contributed by atoms with E-state index in [1.54, 1.807) is 6.07 Å². The molecule has 162 valence electrons. The minimum atomic E-state index is -0.219. The van der Waals surface area contributed by atoms with Gasteiger partial charge in [-0.2, -0.15) is 5.10 Å². The fourth-order valence-corrected chi connectivity index (χ4v) is 3.73. The Morgan fingerprint density at radius 2 is 1.81 bits per heavy atom. The lowest BCUT2D eigenvalue weighted by molar-refractivity contribution is 0.102. The van der Waals surface area contributed by atoms with Gasteiger partial charge in [-0.3, -0.25) is 9.48 Å². The van der Waals surface area contributed by atoms with Crippen LogP contribution in [0.15, 0.2) is 83.3 Å². The quantitative estimate of drug-likeness (QED) is 0.309. The monoisotopic (exact) mass is 509 g/mol. The van der Waals surface area contributed by atoms with E-state index in [1.165, 1.54) is 0 Å². The summed E-state index contributed by atoms with van der Waals surface area (Å²) < 4.78 is 8.59. The van der Waals surface area contributed by atoms with Gasteiger partial charge in [0.2, 0.25) is 0 Å². The van der Waals surface area contributed by atoms with Crippen LogP contribution >= 0.6 is 27.5 Å². The number of ether oxygens (including phenoxy) is 1. The molecular formula is C25H21BrClN3O2. The highest BCUT2D eigenvalue weighted by Crippen LogP contribution is 2.25. The number of anilines is 1. The number of aryl methyl sites for hydroxylation is 1. The molecule has 0 aliphatic carbocycles. The number of rotatable bonds is 7. The molecule has 0 unspecified atom stereocenters. The first-order chi connectivity index (χ1) is 15.5. The van der Waals surface area contributed by atoms with E-state index in [1.807, 2.05) is 84.4 Å². The second kappa shape index (κ2) is 10.0. The van der Waals surface area contributed by atoms with E-state index in [-0.39, 0.29) is 5.91 Å². The highest BCUT2D eigenvalue weighted by atomic mass is 79.9. The molecule has 0 fully saturated rings. The lowest BCUT2D eigenvalue weighted by Gasteiger charge is -2.09. The molecule has 7 heteroatoms. The van der Waals surface area contributed by atoms with Gasteiger partial charge in [-0.05, 0) is 70.4 Å². The van der Waals surface area contributed by atoms with Gasteiger partial charge in [-0.25, -0.2) is 0 Å². The zero-order chi connectivity index (χ0) is 22.5. The topological polar surface area (TPSA) is 56.1 Å². The predicted octanol–water partition coefficient (Wildman–Crippen LogP) is 6.49. The van der Waals surface area contributed by atoms with Crippen LogP contribution in [0, 0.1) is 6.92 Å². The number of carbonyl (C=O) groups is 1. The molecule has 5 nitrogen and oxygen atoms in total. The fraction of sp³-hybridized carbons (Fsp3) is 0.120. The van der Waals surface area contributed by atoms with E-state index in [4.69, 9.17) is 16.3 Å². The van der Waals surface area contributed by atoms with Crippen molar-refractivity contribution >= 4 is 39.3 Å². The Balaban J connectivity index is 1.41. The van der Waals surface area contributed by atoms with Crippen LogP contribution in [0.4, 0.5) is 5.82 Å². The zero-order valence-electron chi connectivity index (χ0n) is 17.4. The average molecular weight is 511 g/mol. The van der Waals surface area contributed by atoms with Crippen molar-refractivity contribution in [1.29, 1.82) is 0 Å². The van der Waals surface area contributed by atoms with Crippen molar-refractivity contribution in [2.75, 3.05) is 5.32 Å². The summed E-state index contributed by atoms with van der Waals surface area (Å²) in [6, 6.07) is 24.5. The van der Waals surface area contributed by atoms with E-state index >= 15 is 0 Å². The smallest absolute Gasteiger partial charge is 0.256 e. The van der Waals surface area contributed by atoms with Crippen LogP contribution in [-0.2, 0) is 13.2 Å². The minimum absolute atomic E-state index is 0.219. The van der Waals surface area contributed by atoms with Gasteiger partial charge in [0.25, 0.3) is 5.91 Å². The van der Waals surface area contributed by atoms with Crippen molar-refractivity contribution < 1.29 is 9.53 Å². The number of amides is 1. The average Bonchev–Trinajstić information content (AvgIpc) is 3.13. The Hall–Kier alpha value is -3.09. The number of nitrogens with one attached hydrogen (secondary N) is 1. The van der Waals surface area contributed by atoms with Gasteiger partial charge in [-0.15, -0.1) is 0 Å². The van der Waals surface area contributed by atoms with Gasteiger partial charge in [0.1, 0.15) is 12.4 Å². The molecule has 32 heavy (non-hydrogen) atoms.